The highest BCUT2D eigenvalue weighted by Crippen LogP contribution is 2.33. The summed E-state index contributed by atoms with van der Waals surface area (Å²) in [5, 5.41) is 3.66. The van der Waals surface area contributed by atoms with Gasteiger partial charge in [-0.3, -0.25) is 0 Å². The van der Waals surface area contributed by atoms with Crippen LogP contribution in [0.4, 0.5) is 4.39 Å². The van der Waals surface area contributed by atoms with E-state index in [2.05, 4.69) is 21.2 Å². The summed E-state index contributed by atoms with van der Waals surface area (Å²) in [6.45, 7) is 3.33. The Kier molecular flexibility index (Phi) is 5.40. The zero-order valence-electron chi connectivity index (χ0n) is 10.9. The van der Waals surface area contributed by atoms with Crippen LogP contribution in [0.15, 0.2) is 40.9 Å². The lowest BCUT2D eigenvalue weighted by atomic mass is 10.2. The third-order valence-corrected chi connectivity index (χ3v) is 3.51. The minimum absolute atomic E-state index is 0.286. The van der Waals surface area contributed by atoms with E-state index in [-0.39, 0.29) is 5.82 Å². The van der Waals surface area contributed by atoms with Gasteiger partial charge in [0.25, 0.3) is 0 Å². The van der Waals surface area contributed by atoms with Gasteiger partial charge in [0.1, 0.15) is 17.3 Å². The van der Waals surface area contributed by atoms with Gasteiger partial charge in [-0.25, -0.2) is 4.39 Å². The molecule has 2 aromatic carbocycles. The van der Waals surface area contributed by atoms with Crippen molar-refractivity contribution in [3.05, 3.63) is 57.3 Å². The van der Waals surface area contributed by atoms with E-state index in [4.69, 9.17) is 16.3 Å². The Morgan fingerprint density at radius 3 is 2.75 bits per heavy atom. The van der Waals surface area contributed by atoms with Crippen molar-refractivity contribution < 1.29 is 9.13 Å². The number of ether oxygens (including phenoxy) is 1. The molecule has 0 bridgehead atoms. The van der Waals surface area contributed by atoms with Crippen LogP contribution < -0.4 is 10.1 Å². The lowest BCUT2D eigenvalue weighted by molar-refractivity contribution is 0.470. The molecule has 0 aliphatic carbocycles. The normalized spacial score (nSPS) is 10.6. The minimum Gasteiger partial charge on any atom is -0.455 e. The van der Waals surface area contributed by atoms with Gasteiger partial charge in [0.15, 0.2) is 0 Å². The summed E-state index contributed by atoms with van der Waals surface area (Å²) < 4.78 is 20.0. The molecule has 2 rings (SSSR count). The maximum atomic E-state index is 13.3. The Balaban J connectivity index is 2.30. The van der Waals surface area contributed by atoms with Crippen LogP contribution in [0, 0.1) is 5.82 Å². The maximum Gasteiger partial charge on any atom is 0.147 e. The monoisotopic (exact) mass is 357 g/mol. The highest BCUT2D eigenvalue weighted by Gasteiger charge is 2.09. The Labute approximate surface area is 131 Å². The number of nitrogens with one attached hydrogen (secondary N) is 1. The van der Waals surface area contributed by atoms with Gasteiger partial charge >= 0.3 is 0 Å². The molecule has 1 N–H and O–H groups in total. The van der Waals surface area contributed by atoms with Crippen LogP contribution in [0.5, 0.6) is 11.5 Å². The van der Waals surface area contributed by atoms with Gasteiger partial charge in [-0.1, -0.05) is 34.5 Å². The first kappa shape index (κ1) is 15.3. The largest absolute Gasteiger partial charge is 0.455 e. The van der Waals surface area contributed by atoms with E-state index >= 15 is 0 Å². The van der Waals surface area contributed by atoms with Gasteiger partial charge in [0.05, 0.1) is 5.02 Å². The topological polar surface area (TPSA) is 21.3 Å². The van der Waals surface area contributed by atoms with Crippen molar-refractivity contribution in [2.45, 2.75) is 13.5 Å². The van der Waals surface area contributed by atoms with Crippen molar-refractivity contribution >= 4 is 27.5 Å². The molecular weight excluding hydrogens is 345 g/mol. The second kappa shape index (κ2) is 7.07. The standard InChI is InChI=1S/C15H14BrClFNO/c1-2-19-9-10-7-12(18)4-6-14(10)20-15-8-11(16)3-5-13(15)17/h3-8,19H,2,9H2,1H3. The first-order valence-corrected chi connectivity index (χ1v) is 7.39. The molecule has 20 heavy (non-hydrogen) atoms. The van der Waals surface area contributed by atoms with E-state index in [9.17, 15) is 4.39 Å². The molecule has 0 aliphatic heterocycles. The summed E-state index contributed by atoms with van der Waals surface area (Å²) in [5.74, 6) is 0.836. The summed E-state index contributed by atoms with van der Waals surface area (Å²) in [5.41, 5.74) is 0.753. The zero-order valence-corrected chi connectivity index (χ0v) is 13.3. The lowest BCUT2D eigenvalue weighted by Crippen LogP contribution is -2.12. The van der Waals surface area contributed by atoms with Crippen molar-refractivity contribution in [3.8, 4) is 11.5 Å². The molecule has 2 nitrogen and oxygen atoms in total. The van der Waals surface area contributed by atoms with Crippen molar-refractivity contribution in [2.24, 2.45) is 0 Å². The van der Waals surface area contributed by atoms with Crippen molar-refractivity contribution in [3.63, 3.8) is 0 Å². The third kappa shape index (κ3) is 3.95. The van der Waals surface area contributed by atoms with Crippen LogP contribution in [0.3, 0.4) is 0 Å². The summed E-state index contributed by atoms with van der Waals surface area (Å²) in [4.78, 5) is 0. The fraction of sp³-hybridized carbons (Fsp3) is 0.200. The van der Waals surface area contributed by atoms with Crippen LogP contribution in [-0.2, 0) is 6.54 Å². The summed E-state index contributed by atoms with van der Waals surface area (Å²) in [7, 11) is 0. The van der Waals surface area contributed by atoms with E-state index in [0.717, 1.165) is 16.6 Å². The molecule has 0 aliphatic rings. The minimum atomic E-state index is -0.286. The van der Waals surface area contributed by atoms with Gasteiger partial charge in [-0.05, 0) is 42.9 Å². The average Bonchev–Trinajstić information content (AvgIpc) is 2.43. The number of hydrogen-bond acceptors (Lipinski definition) is 2. The number of rotatable bonds is 5. The molecule has 0 unspecified atom stereocenters. The smallest absolute Gasteiger partial charge is 0.147 e. The van der Waals surface area contributed by atoms with Gasteiger partial charge < -0.3 is 10.1 Å². The van der Waals surface area contributed by atoms with E-state index in [1.54, 1.807) is 18.2 Å². The molecule has 106 valence electrons. The van der Waals surface area contributed by atoms with Gasteiger partial charge in [-0.2, -0.15) is 0 Å². The maximum absolute atomic E-state index is 13.3. The zero-order chi connectivity index (χ0) is 14.5. The summed E-state index contributed by atoms with van der Waals surface area (Å²) >= 11 is 9.47. The van der Waals surface area contributed by atoms with Crippen LogP contribution >= 0.6 is 27.5 Å². The fourth-order valence-corrected chi connectivity index (χ4v) is 2.22. The first-order chi connectivity index (χ1) is 9.60. The van der Waals surface area contributed by atoms with Gasteiger partial charge in [-0.15, -0.1) is 0 Å². The Hall–Kier alpha value is -1.10. The van der Waals surface area contributed by atoms with E-state index < -0.39 is 0 Å². The van der Waals surface area contributed by atoms with Crippen molar-refractivity contribution in [1.82, 2.24) is 5.32 Å². The van der Waals surface area contributed by atoms with Gasteiger partial charge in [0.2, 0.25) is 0 Å². The Morgan fingerprint density at radius 2 is 2.00 bits per heavy atom. The highest BCUT2D eigenvalue weighted by atomic mass is 79.9. The number of hydrogen-bond donors (Lipinski definition) is 1. The predicted octanol–water partition coefficient (Wildman–Crippen LogP) is 5.14. The lowest BCUT2D eigenvalue weighted by Gasteiger charge is -2.13. The Bertz CT molecular complexity index is 606. The van der Waals surface area contributed by atoms with Crippen molar-refractivity contribution in [2.75, 3.05) is 6.54 Å². The van der Waals surface area contributed by atoms with Crippen LogP contribution in [-0.4, -0.2) is 6.54 Å². The molecule has 0 radical (unpaired) electrons. The molecule has 5 heteroatoms. The second-order valence-corrected chi connectivity index (χ2v) is 5.53. The molecule has 0 amide bonds. The summed E-state index contributed by atoms with van der Waals surface area (Å²) in [6.07, 6.45) is 0. The second-order valence-electron chi connectivity index (χ2n) is 4.21. The molecule has 0 aromatic heterocycles. The molecular formula is C15H14BrClFNO. The number of benzene rings is 2. The average molecular weight is 359 g/mol. The van der Waals surface area contributed by atoms with Gasteiger partial charge in [0, 0.05) is 16.6 Å². The molecule has 0 saturated carbocycles. The number of halogens is 3. The summed E-state index contributed by atoms with van der Waals surface area (Å²) in [6, 6.07) is 9.80. The molecule has 0 heterocycles. The van der Waals surface area contributed by atoms with E-state index in [1.807, 2.05) is 13.0 Å². The van der Waals surface area contributed by atoms with Crippen LogP contribution in [0.25, 0.3) is 0 Å². The predicted molar refractivity (Wildman–Crippen MR) is 83.0 cm³/mol. The van der Waals surface area contributed by atoms with Crippen LogP contribution in [0.1, 0.15) is 12.5 Å². The molecule has 0 spiro atoms. The Morgan fingerprint density at radius 1 is 1.20 bits per heavy atom. The fourth-order valence-electron chi connectivity index (χ4n) is 1.72. The SMILES string of the molecule is CCNCc1cc(F)ccc1Oc1cc(Br)ccc1Cl. The highest BCUT2D eigenvalue weighted by molar-refractivity contribution is 9.10. The van der Waals surface area contributed by atoms with E-state index in [0.29, 0.717) is 23.1 Å². The van der Waals surface area contributed by atoms with E-state index in [1.165, 1.54) is 12.1 Å². The van der Waals surface area contributed by atoms with Crippen LogP contribution in [0.2, 0.25) is 5.02 Å². The third-order valence-electron chi connectivity index (χ3n) is 2.70. The molecule has 2 aromatic rings. The quantitative estimate of drug-likeness (QED) is 0.798. The first-order valence-electron chi connectivity index (χ1n) is 6.22. The van der Waals surface area contributed by atoms with Crippen molar-refractivity contribution in [1.29, 1.82) is 0 Å². The molecule has 0 saturated heterocycles. The molecule has 0 fully saturated rings. The molecule has 0 atom stereocenters.